The SMILES string of the molecule is CN1C[C@@](C)(O)[C@@](C)(O)C[C@H]1c1ccccc1. The van der Waals surface area contributed by atoms with E-state index in [9.17, 15) is 10.2 Å². The zero-order valence-corrected chi connectivity index (χ0v) is 10.7. The number of rotatable bonds is 1. The number of benzene rings is 1. The number of likely N-dealkylation sites (N-methyl/N-ethyl adjacent to an activating group) is 1. The fraction of sp³-hybridized carbons (Fsp3) is 0.571. The number of hydrogen-bond acceptors (Lipinski definition) is 3. The van der Waals surface area contributed by atoms with Gasteiger partial charge in [-0.15, -0.1) is 0 Å². The van der Waals surface area contributed by atoms with Crippen molar-refractivity contribution in [3.63, 3.8) is 0 Å². The summed E-state index contributed by atoms with van der Waals surface area (Å²) in [4.78, 5) is 2.10. The first kappa shape index (κ1) is 12.6. The average Bonchev–Trinajstić information content (AvgIpc) is 2.24. The van der Waals surface area contributed by atoms with Gasteiger partial charge < -0.3 is 10.2 Å². The van der Waals surface area contributed by atoms with Gasteiger partial charge in [-0.2, -0.15) is 0 Å². The molecule has 1 saturated heterocycles. The first-order valence-corrected chi connectivity index (χ1v) is 6.03. The maximum atomic E-state index is 10.4. The smallest absolute Gasteiger partial charge is 0.103 e. The van der Waals surface area contributed by atoms with Crippen LogP contribution >= 0.6 is 0 Å². The summed E-state index contributed by atoms with van der Waals surface area (Å²) < 4.78 is 0. The number of aliphatic hydroxyl groups is 2. The van der Waals surface area contributed by atoms with E-state index in [0.717, 1.165) is 0 Å². The number of hydrogen-bond donors (Lipinski definition) is 2. The number of β-amino-alcohol motifs (C(OH)–C–C–N with tert-alkyl or cyclic N) is 1. The van der Waals surface area contributed by atoms with Crippen molar-refractivity contribution >= 4 is 0 Å². The molecule has 0 amide bonds. The van der Waals surface area contributed by atoms with E-state index in [1.807, 2.05) is 25.2 Å². The topological polar surface area (TPSA) is 43.7 Å². The van der Waals surface area contributed by atoms with Crippen molar-refractivity contribution in [2.45, 2.75) is 37.5 Å². The Labute approximate surface area is 103 Å². The van der Waals surface area contributed by atoms with Gasteiger partial charge in [0, 0.05) is 12.6 Å². The third-order valence-corrected chi connectivity index (χ3v) is 4.02. The minimum Gasteiger partial charge on any atom is -0.387 e. The lowest BCUT2D eigenvalue weighted by Crippen LogP contribution is -2.61. The predicted molar refractivity (Wildman–Crippen MR) is 67.7 cm³/mol. The summed E-state index contributed by atoms with van der Waals surface area (Å²) in [6, 6.07) is 10.3. The summed E-state index contributed by atoms with van der Waals surface area (Å²) in [5.41, 5.74) is -0.932. The normalized spacial score (nSPS) is 39.2. The highest BCUT2D eigenvalue weighted by Crippen LogP contribution is 2.40. The largest absolute Gasteiger partial charge is 0.387 e. The first-order chi connectivity index (χ1) is 7.83. The van der Waals surface area contributed by atoms with E-state index in [-0.39, 0.29) is 6.04 Å². The Hall–Kier alpha value is -0.900. The molecule has 0 aromatic heterocycles. The summed E-state index contributed by atoms with van der Waals surface area (Å²) in [6.45, 7) is 3.89. The molecular weight excluding hydrogens is 214 g/mol. The van der Waals surface area contributed by atoms with Crippen LogP contribution in [0.15, 0.2) is 30.3 Å². The summed E-state index contributed by atoms with van der Waals surface area (Å²) in [6.07, 6.45) is 0.542. The number of piperidine rings is 1. The molecule has 0 spiro atoms. The molecule has 1 aromatic carbocycles. The summed E-state index contributed by atoms with van der Waals surface area (Å²) in [5.74, 6) is 0. The maximum absolute atomic E-state index is 10.4. The molecule has 1 fully saturated rings. The van der Waals surface area contributed by atoms with Gasteiger partial charge in [-0.1, -0.05) is 30.3 Å². The van der Waals surface area contributed by atoms with Crippen LogP contribution in [0.1, 0.15) is 31.9 Å². The molecule has 2 rings (SSSR count). The molecule has 3 nitrogen and oxygen atoms in total. The quantitative estimate of drug-likeness (QED) is 0.776. The maximum Gasteiger partial charge on any atom is 0.103 e. The van der Waals surface area contributed by atoms with Crippen LogP contribution in [0, 0.1) is 0 Å². The summed E-state index contributed by atoms with van der Waals surface area (Å²) >= 11 is 0. The Bertz CT molecular complexity index is 386. The summed E-state index contributed by atoms with van der Waals surface area (Å²) in [7, 11) is 1.99. The molecule has 0 saturated carbocycles. The standard InChI is InChI=1S/C14H21NO2/c1-13(16)9-12(11-7-5-4-6-8-11)15(3)10-14(13,2)17/h4-8,12,16-17H,9-10H2,1-3H3/t12-,13-,14+/m0/s1. The van der Waals surface area contributed by atoms with Crippen LogP contribution in [0.5, 0.6) is 0 Å². The number of nitrogens with zero attached hydrogens (tertiary/aromatic N) is 1. The van der Waals surface area contributed by atoms with Gasteiger partial charge in [0.25, 0.3) is 0 Å². The molecule has 17 heavy (non-hydrogen) atoms. The van der Waals surface area contributed by atoms with Gasteiger partial charge in [-0.05, 0) is 32.9 Å². The lowest BCUT2D eigenvalue weighted by atomic mass is 9.75. The molecule has 2 N–H and O–H groups in total. The van der Waals surface area contributed by atoms with Crippen molar-refractivity contribution in [2.75, 3.05) is 13.6 Å². The van der Waals surface area contributed by atoms with Crippen LogP contribution in [-0.2, 0) is 0 Å². The number of likely N-dealkylation sites (tertiary alicyclic amines) is 1. The van der Waals surface area contributed by atoms with Crippen molar-refractivity contribution in [2.24, 2.45) is 0 Å². The average molecular weight is 235 g/mol. The third kappa shape index (κ3) is 2.23. The van der Waals surface area contributed by atoms with Gasteiger partial charge in [-0.25, -0.2) is 0 Å². The van der Waals surface area contributed by atoms with Crippen molar-refractivity contribution in [1.29, 1.82) is 0 Å². The predicted octanol–water partition coefficient (Wildman–Crippen LogP) is 1.57. The second-order valence-electron chi connectivity index (χ2n) is 5.59. The Morgan fingerprint density at radius 2 is 1.71 bits per heavy atom. The van der Waals surface area contributed by atoms with E-state index in [4.69, 9.17) is 0 Å². The fourth-order valence-electron chi connectivity index (χ4n) is 2.57. The van der Waals surface area contributed by atoms with Gasteiger partial charge >= 0.3 is 0 Å². The van der Waals surface area contributed by atoms with Crippen LogP contribution in [0.4, 0.5) is 0 Å². The van der Waals surface area contributed by atoms with Crippen molar-refractivity contribution in [3.05, 3.63) is 35.9 Å². The van der Waals surface area contributed by atoms with E-state index in [1.54, 1.807) is 13.8 Å². The van der Waals surface area contributed by atoms with E-state index in [2.05, 4.69) is 17.0 Å². The van der Waals surface area contributed by atoms with Crippen molar-refractivity contribution < 1.29 is 10.2 Å². The second kappa shape index (κ2) is 4.09. The highest BCUT2D eigenvalue weighted by Gasteiger charge is 2.49. The van der Waals surface area contributed by atoms with Crippen LogP contribution < -0.4 is 0 Å². The van der Waals surface area contributed by atoms with Gasteiger partial charge in [-0.3, -0.25) is 4.90 Å². The molecule has 0 aliphatic carbocycles. The minimum atomic E-state index is -1.06. The second-order valence-corrected chi connectivity index (χ2v) is 5.59. The van der Waals surface area contributed by atoms with Crippen molar-refractivity contribution in [1.82, 2.24) is 4.90 Å². The van der Waals surface area contributed by atoms with Crippen molar-refractivity contribution in [3.8, 4) is 0 Å². The van der Waals surface area contributed by atoms with Crippen LogP contribution in [0.2, 0.25) is 0 Å². The van der Waals surface area contributed by atoms with Crippen LogP contribution in [0.25, 0.3) is 0 Å². The molecule has 1 aliphatic rings. The molecule has 3 heteroatoms. The fourth-order valence-corrected chi connectivity index (χ4v) is 2.57. The van der Waals surface area contributed by atoms with Gasteiger partial charge in [0.2, 0.25) is 0 Å². The Balaban J connectivity index is 2.28. The van der Waals surface area contributed by atoms with E-state index in [0.29, 0.717) is 13.0 Å². The monoisotopic (exact) mass is 235 g/mol. The molecule has 3 atom stereocenters. The Kier molecular flexibility index (Phi) is 3.02. The first-order valence-electron chi connectivity index (χ1n) is 6.03. The molecule has 0 radical (unpaired) electrons. The molecule has 1 aliphatic heterocycles. The molecule has 0 unspecified atom stereocenters. The Morgan fingerprint density at radius 1 is 1.12 bits per heavy atom. The van der Waals surface area contributed by atoms with Gasteiger partial charge in [0.15, 0.2) is 0 Å². The summed E-state index contributed by atoms with van der Waals surface area (Å²) in [5, 5.41) is 20.6. The van der Waals surface area contributed by atoms with Gasteiger partial charge in [0.1, 0.15) is 5.60 Å². The third-order valence-electron chi connectivity index (χ3n) is 4.02. The zero-order valence-electron chi connectivity index (χ0n) is 10.7. The Morgan fingerprint density at radius 3 is 2.29 bits per heavy atom. The molecule has 1 aromatic rings. The lowest BCUT2D eigenvalue weighted by Gasteiger charge is -2.50. The van der Waals surface area contributed by atoms with Crippen LogP contribution in [0.3, 0.4) is 0 Å². The van der Waals surface area contributed by atoms with E-state index >= 15 is 0 Å². The molecule has 94 valence electrons. The molecule has 0 bridgehead atoms. The minimum absolute atomic E-state index is 0.159. The highest BCUT2D eigenvalue weighted by molar-refractivity contribution is 5.21. The highest BCUT2D eigenvalue weighted by atomic mass is 16.4. The molecular formula is C14H21NO2. The van der Waals surface area contributed by atoms with E-state index < -0.39 is 11.2 Å². The van der Waals surface area contributed by atoms with Crippen LogP contribution in [-0.4, -0.2) is 39.9 Å². The zero-order chi connectivity index (χ0) is 12.7. The molecule has 1 heterocycles. The lowest BCUT2D eigenvalue weighted by molar-refractivity contribution is -0.181. The van der Waals surface area contributed by atoms with Gasteiger partial charge in [0.05, 0.1) is 5.60 Å². The van der Waals surface area contributed by atoms with E-state index in [1.165, 1.54) is 5.56 Å².